The van der Waals surface area contributed by atoms with Gasteiger partial charge in [0.15, 0.2) is 0 Å². The molecule has 152 valence electrons. The van der Waals surface area contributed by atoms with E-state index >= 15 is 0 Å². The zero-order valence-corrected chi connectivity index (χ0v) is 15.5. The first-order chi connectivity index (χ1) is 13.6. The van der Waals surface area contributed by atoms with E-state index in [0.29, 0.717) is 24.3 Å². The van der Waals surface area contributed by atoms with Crippen molar-refractivity contribution >= 4 is 34.8 Å². The van der Waals surface area contributed by atoms with Crippen LogP contribution in [-0.4, -0.2) is 24.3 Å². The number of carbonyl (C=O) groups is 3. The van der Waals surface area contributed by atoms with Crippen molar-refractivity contribution in [1.29, 1.82) is 0 Å². The van der Waals surface area contributed by atoms with E-state index in [0.717, 1.165) is 25.5 Å². The maximum Gasteiger partial charge on any atom is 0.416 e. The lowest BCUT2D eigenvalue weighted by Gasteiger charge is -2.16. The third kappa shape index (κ3) is 4.92. The Morgan fingerprint density at radius 1 is 1.00 bits per heavy atom. The van der Waals surface area contributed by atoms with Crippen LogP contribution in [-0.2, 0) is 15.8 Å². The molecule has 3 amide bonds. The van der Waals surface area contributed by atoms with Gasteiger partial charge in [-0.05, 0) is 48.9 Å². The van der Waals surface area contributed by atoms with Gasteiger partial charge in [0.05, 0.1) is 5.56 Å². The van der Waals surface area contributed by atoms with E-state index in [-0.39, 0.29) is 17.2 Å². The highest BCUT2D eigenvalue weighted by Gasteiger charge is 2.32. The molecule has 9 heteroatoms. The second kappa shape index (κ2) is 7.94. The van der Waals surface area contributed by atoms with Gasteiger partial charge in [-0.25, -0.2) is 0 Å². The largest absolute Gasteiger partial charge is 0.416 e. The van der Waals surface area contributed by atoms with Crippen LogP contribution in [0.4, 0.5) is 30.2 Å². The Bertz CT molecular complexity index is 956. The van der Waals surface area contributed by atoms with Gasteiger partial charge in [0.25, 0.3) is 5.91 Å². The van der Waals surface area contributed by atoms with Crippen LogP contribution in [0.5, 0.6) is 0 Å². The zero-order chi connectivity index (χ0) is 21.2. The topological polar surface area (TPSA) is 78.5 Å². The van der Waals surface area contributed by atoms with Gasteiger partial charge in [-0.15, -0.1) is 0 Å². The van der Waals surface area contributed by atoms with Gasteiger partial charge in [-0.3, -0.25) is 14.4 Å². The Labute approximate surface area is 164 Å². The number of halogens is 3. The molecule has 6 nitrogen and oxygen atoms in total. The molecule has 0 bridgehead atoms. The number of hydrogen-bond donors (Lipinski definition) is 2. The molecule has 0 radical (unpaired) electrons. The smallest absolute Gasteiger partial charge is 0.326 e. The van der Waals surface area contributed by atoms with Gasteiger partial charge >= 0.3 is 6.18 Å². The summed E-state index contributed by atoms with van der Waals surface area (Å²) >= 11 is 0. The van der Waals surface area contributed by atoms with Crippen molar-refractivity contribution < 1.29 is 27.6 Å². The Morgan fingerprint density at radius 2 is 1.69 bits per heavy atom. The molecule has 0 spiro atoms. The summed E-state index contributed by atoms with van der Waals surface area (Å²) in [5.41, 5.74) is -0.360. The summed E-state index contributed by atoms with van der Waals surface area (Å²) in [5, 5.41) is 4.79. The number of benzene rings is 2. The predicted octanol–water partition coefficient (Wildman–Crippen LogP) is 4.04. The van der Waals surface area contributed by atoms with Crippen LogP contribution in [0.15, 0.2) is 42.5 Å². The number of alkyl halides is 3. The monoisotopic (exact) mass is 405 g/mol. The Balaban J connectivity index is 1.80. The van der Waals surface area contributed by atoms with Crippen LogP contribution in [0.3, 0.4) is 0 Å². The first-order valence-electron chi connectivity index (χ1n) is 8.85. The van der Waals surface area contributed by atoms with Crippen molar-refractivity contribution in [1.82, 2.24) is 0 Å². The number of amides is 3. The Hall–Kier alpha value is -3.36. The van der Waals surface area contributed by atoms with Crippen LogP contribution in [0, 0.1) is 0 Å². The Kier molecular flexibility index (Phi) is 5.58. The minimum absolute atomic E-state index is 0.0243. The maximum absolute atomic E-state index is 13.1. The van der Waals surface area contributed by atoms with Gasteiger partial charge in [-0.1, -0.05) is 0 Å². The van der Waals surface area contributed by atoms with Gasteiger partial charge in [-0.2, -0.15) is 13.2 Å². The van der Waals surface area contributed by atoms with E-state index in [9.17, 15) is 27.6 Å². The maximum atomic E-state index is 13.1. The number of rotatable bonds is 4. The average Bonchev–Trinajstić information content (AvgIpc) is 3.07. The fourth-order valence-corrected chi connectivity index (χ4v) is 3.05. The van der Waals surface area contributed by atoms with Gasteiger partial charge in [0, 0.05) is 42.5 Å². The molecule has 29 heavy (non-hydrogen) atoms. The van der Waals surface area contributed by atoms with E-state index < -0.39 is 23.6 Å². The lowest BCUT2D eigenvalue weighted by atomic mass is 10.1. The van der Waals surface area contributed by atoms with Crippen LogP contribution >= 0.6 is 0 Å². The lowest BCUT2D eigenvalue weighted by Crippen LogP contribution is -2.23. The summed E-state index contributed by atoms with van der Waals surface area (Å²) in [6, 6.07) is 9.12. The Morgan fingerprint density at radius 3 is 2.24 bits per heavy atom. The molecule has 1 fully saturated rings. The van der Waals surface area contributed by atoms with Crippen molar-refractivity contribution in [2.45, 2.75) is 25.9 Å². The first kappa shape index (κ1) is 20.4. The number of nitrogens with zero attached hydrogens (tertiary/aromatic N) is 1. The van der Waals surface area contributed by atoms with Crippen molar-refractivity contribution in [3.8, 4) is 0 Å². The third-order valence-corrected chi connectivity index (χ3v) is 4.35. The highest BCUT2D eigenvalue weighted by molar-refractivity contribution is 6.05. The average molecular weight is 405 g/mol. The van der Waals surface area contributed by atoms with Crippen molar-refractivity contribution in [2.75, 3.05) is 22.1 Å². The molecular formula is C20H18F3N3O3. The number of nitrogens with one attached hydrogen (secondary N) is 2. The molecule has 0 aromatic heterocycles. The summed E-state index contributed by atoms with van der Waals surface area (Å²) < 4.78 is 39.4. The molecular weight excluding hydrogens is 387 g/mol. The summed E-state index contributed by atoms with van der Waals surface area (Å²) in [5.74, 6) is -1.29. The van der Waals surface area contributed by atoms with Crippen molar-refractivity contribution in [3.05, 3.63) is 53.6 Å². The fraction of sp³-hybridized carbons (Fsp3) is 0.250. The van der Waals surface area contributed by atoms with E-state index in [4.69, 9.17) is 0 Å². The first-order valence-corrected chi connectivity index (χ1v) is 8.85. The number of carbonyl (C=O) groups excluding carboxylic acids is 3. The second-order valence-corrected chi connectivity index (χ2v) is 6.63. The summed E-state index contributed by atoms with van der Waals surface area (Å²) in [6.07, 6.45) is -3.40. The van der Waals surface area contributed by atoms with Crippen LogP contribution in [0.25, 0.3) is 0 Å². The normalized spacial score (nSPS) is 14.1. The van der Waals surface area contributed by atoms with Crippen LogP contribution < -0.4 is 15.5 Å². The number of anilines is 3. The van der Waals surface area contributed by atoms with Gasteiger partial charge < -0.3 is 15.5 Å². The van der Waals surface area contributed by atoms with Gasteiger partial charge in [0.2, 0.25) is 11.8 Å². The number of hydrogen-bond acceptors (Lipinski definition) is 3. The highest BCUT2D eigenvalue weighted by atomic mass is 19.4. The van der Waals surface area contributed by atoms with E-state index in [1.165, 1.54) is 6.07 Å². The van der Waals surface area contributed by atoms with Crippen LogP contribution in [0.2, 0.25) is 0 Å². The molecule has 2 aromatic carbocycles. The van der Waals surface area contributed by atoms with Crippen molar-refractivity contribution in [2.24, 2.45) is 0 Å². The summed E-state index contributed by atoms with van der Waals surface area (Å²) in [7, 11) is 0. The fourth-order valence-electron chi connectivity index (χ4n) is 3.05. The van der Waals surface area contributed by atoms with E-state index in [1.54, 1.807) is 29.2 Å². The van der Waals surface area contributed by atoms with E-state index in [2.05, 4.69) is 10.6 Å². The third-order valence-electron chi connectivity index (χ3n) is 4.35. The standard InChI is InChI=1S/C20H18F3N3O3/c1-12(27)24-16-10-13(9-14(11-16)20(21,22)23)19(29)25-15-4-6-17(7-5-15)26-8-2-3-18(26)28/h4-7,9-11H,2-3,8H2,1H3,(H,24,27)(H,25,29). The molecule has 2 aromatic rings. The molecule has 2 N–H and O–H groups in total. The second-order valence-electron chi connectivity index (χ2n) is 6.63. The van der Waals surface area contributed by atoms with Gasteiger partial charge in [0.1, 0.15) is 0 Å². The highest BCUT2D eigenvalue weighted by Crippen LogP contribution is 2.32. The molecule has 1 aliphatic rings. The molecule has 0 saturated carbocycles. The summed E-state index contributed by atoms with van der Waals surface area (Å²) in [4.78, 5) is 37.1. The quantitative estimate of drug-likeness (QED) is 0.806. The van der Waals surface area contributed by atoms with E-state index in [1.807, 2.05) is 0 Å². The minimum atomic E-state index is -4.67. The van der Waals surface area contributed by atoms with Crippen LogP contribution in [0.1, 0.15) is 35.7 Å². The minimum Gasteiger partial charge on any atom is -0.326 e. The van der Waals surface area contributed by atoms with Crippen molar-refractivity contribution in [3.63, 3.8) is 0 Å². The molecule has 3 rings (SSSR count). The zero-order valence-electron chi connectivity index (χ0n) is 15.5. The molecule has 1 heterocycles. The lowest BCUT2D eigenvalue weighted by molar-refractivity contribution is -0.137. The molecule has 0 aliphatic carbocycles. The molecule has 1 aliphatic heterocycles. The molecule has 1 saturated heterocycles. The summed E-state index contributed by atoms with van der Waals surface area (Å²) in [6.45, 7) is 1.79. The SMILES string of the molecule is CC(=O)Nc1cc(C(=O)Nc2ccc(N3CCCC3=O)cc2)cc(C(F)(F)F)c1. The molecule has 0 unspecified atom stereocenters. The predicted molar refractivity (Wildman–Crippen MR) is 102 cm³/mol. The molecule has 0 atom stereocenters.